The SMILES string of the molecule is C[C]1C(C)=C(C)C(C)=C1C.[C-]#[O+].[C-]#[O+].[C-]#[O+].[C-]#[O+].[C-]#[O+].[W].c1ccc(C2=NP2)cc1. The van der Waals surface area contributed by atoms with E-state index in [1.165, 1.54) is 39.2 Å². The Hall–Kier alpha value is -1.81. The molecule has 0 fully saturated rings. The molecule has 3 rings (SSSR count). The molecule has 155 valence electrons. The van der Waals surface area contributed by atoms with Crippen molar-refractivity contribution in [3.63, 3.8) is 0 Å². The number of allylic oxidation sites excluding steroid dienone is 4. The van der Waals surface area contributed by atoms with Gasteiger partial charge in [0.1, 0.15) is 0 Å². The molecular formula is C22H21NO5PW. The first-order valence-electron chi connectivity index (χ1n) is 7.63. The Morgan fingerprint density at radius 3 is 1.10 bits per heavy atom. The van der Waals surface area contributed by atoms with Gasteiger partial charge in [-0.3, -0.25) is 4.76 Å². The van der Waals surface area contributed by atoms with Crippen LogP contribution in [0.4, 0.5) is 0 Å². The minimum absolute atomic E-state index is 0. The molecule has 1 aromatic carbocycles. The van der Waals surface area contributed by atoms with E-state index in [0.717, 1.165) is 8.73 Å². The van der Waals surface area contributed by atoms with Crippen LogP contribution < -0.4 is 0 Å². The normalized spacial score (nSPS) is 12.7. The molecule has 1 atom stereocenters. The second-order valence-corrected chi connectivity index (χ2v) is 5.98. The zero-order valence-corrected chi connectivity index (χ0v) is 21.2. The van der Waals surface area contributed by atoms with Crippen LogP contribution in [-0.2, 0) is 44.3 Å². The summed E-state index contributed by atoms with van der Waals surface area (Å²) in [6.07, 6.45) is 0. The standard InChI is InChI=1S/C10H15.C7H6NP.5CO.W/c1-6-7(2)9(4)10(5)8(6)3;1-2-4-6(5-3-1)7-8-9-7;5*1-2;/h1-5H3;1-5,9H;;;;;;. The summed E-state index contributed by atoms with van der Waals surface area (Å²) >= 11 is 0. The zero-order chi connectivity index (χ0) is 24.0. The maximum atomic E-state index is 7.50. The van der Waals surface area contributed by atoms with E-state index in [2.05, 4.69) is 84.8 Å². The predicted octanol–water partition coefficient (Wildman–Crippen LogP) is 5.12. The van der Waals surface area contributed by atoms with Crippen LogP contribution in [-0.4, -0.2) is 5.45 Å². The van der Waals surface area contributed by atoms with E-state index in [1.807, 2.05) is 18.2 Å². The zero-order valence-electron chi connectivity index (χ0n) is 17.3. The summed E-state index contributed by atoms with van der Waals surface area (Å²) in [5.41, 5.74) is 8.43. The van der Waals surface area contributed by atoms with Gasteiger partial charge in [0.05, 0.1) is 14.2 Å². The fourth-order valence-corrected chi connectivity index (χ4v) is 2.64. The molecule has 1 radical (unpaired) electrons. The molecule has 1 aliphatic heterocycles. The second-order valence-electron chi connectivity index (χ2n) is 5.06. The number of hydrogen-bond acceptors (Lipinski definition) is 1. The second kappa shape index (κ2) is 27.2. The molecule has 0 aromatic heterocycles. The summed E-state index contributed by atoms with van der Waals surface area (Å²) in [5.74, 6) is 1.47. The van der Waals surface area contributed by atoms with Crippen LogP contribution >= 0.6 is 8.73 Å². The first kappa shape index (κ1) is 38.8. The molecule has 1 aromatic rings. The van der Waals surface area contributed by atoms with Crippen molar-refractivity contribution >= 4 is 14.2 Å². The van der Waals surface area contributed by atoms with Gasteiger partial charge in [-0.25, -0.2) is 0 Å². The van der Waals surface area contributed by atoms with Gasteiger partial charge in [-0.15, -0.1) is 0 Å². The largest absolute Gasteiger partial charge is 0.256 e. The fraction of sp³-hybridized carbons (Fsp3) is 0.227. The quantitative estimate of drug-likeness (QED) is 0.245. The summed E-state index contributed by atoms with van der Waals surface area (Å²) < 4.78 is 41.6. The summed E-state index contributed by atoms with van der Waals surface area (Å²) in [6.45, 7) is 33.5. The summed E-state index contributed by atoms with van der Waals surface area (Å²) in [4.78, 5) is 0. The van der Waals surface area contributed by atoms with Gasteiger partial charge < -0.3 is 0 Å². The number of nitrogens with zero attached hydrogens (tertiary/aromatic N) is 1. The van der Waals surface area contributed by atoms with Gasteiger partial charge in [-0.1, -0.05) is 48.4 Å². The average molecular weight is 594 g/mol. The summed E-state index contributed by atoms with van der Waals surface area (Å²) in [5, 5.41) is 0. The van der Waals surface area contributed by atoms with Crippen LogP contribution in [0.1, 0.15) is 40.2 Å². The van der Waals surface area contributed by atoms with Crippen molar-refractivity contribution in [1.29, 1.82) is 0 Å². The van der Waals surface area contributed by atoms with Crippen LogP contribution in [0, 0.1) is 39.2 Å². The van der Waals surface area contributed by atoms with Crippen molar-refractivity contribution < 1.29 is 44.3 Å². The van der Waals surface area contributed by atoms with Crippen molar-refractivity contribution in [2.45, 2.75) is 34.6 Å². The van der Waals surface area contributed by atoms with Crippen LogP contribution in [0.5, 0.6) is 0 Å². The van der Waals surface area contributed by atoms with E-state index >= 15 is 0 Å². The first-order chi connectivity index (χ1) is 14.0. The van der Waals surface area contributed by atoms with Gasteiger partial charge in [-0.2, -0.15) is 0 Å². The van der Waals surface area contributed by atoms with E-state index in [-0.39, 0.29) is 21.1 Å². The van der Waals surface area contributed by atoms with Gasteiger partial charge in [0.25, 0.3) is 0 Å². The smallest absolute Gasteiger partial charge is 0.0890 e. The van der Waals surface area contributed by atoms with E-state index in [1.54, 1.807) is 0 Å². The van der Waals surface area contributed by atoms with E-state index < -0.39 is 0 Å². The molecule has 0 amide bonds. The van der Waals surface area contributed by atoms with Gasteiger partial charge in [0, 0.05) is 32.5 Å². The first-order valence-corrected chi connectivity index (χ1v) is 8.58. The van der Waals surface area contributed by atoms with Gasteiger partial charge in [0.2, 0.25) is 0 Å². The maximum Gasteiger partial charge on any atom is 0.0890 e. The molecule has 6 nitrogen and oxygen atoms in total. The monoisotopic (exact) mass is 594 g/mol. The maximum absolute atomic E-state index is 7.50. The van der Waals surface area contributed by atoms with Crippen LogP contribution in [0.3, 0.4) is 0 Å². The molecule has 1 unspecified atom stereocenters. The molecule has 2 aliphatic rings. The Morgan fingerprint density at radius 2 is 0.900 bits per heavy atom. The molecular weight excluding hydrogens is 573 g/mol. The third-order valence-electron chi connectivity index (χ3n) is 4.08. The van der Waals surface area contributed by atoms with Crippen molar-refractivity contribution in [3.05, 3.63) is 97.4 Å². The molecule has 1 aliphatic carbocycles. The Bertz CT molecular complexity index is 728. The van der Waals surface area contributed by atoms with Crippen molar-refractivity contribution in [3.8, 4) is 0 Å². The van der Waals surface area contributed by atoms with Crippen molar-refractivity contribution in [1.82, 2.24) is 0 Å². The van der Waals surface area contributed by atoms with Crippen LogP contribution in [0.2, 0.25) is 0 Å². The predicted molar refractivity (Wildman–Crippen MR) is 107 cm³/mol. The molecule has 0 spiro atoms. The molecule has 8 heteroatoms. The molecule has 0 bridgehead atoms. The van der Waals surface area contributed by atoms with E-state index in [4.69, 9.17) is 23.3 Å². The Morgan fingerprint density at radius 1 is 0.600 bits per heavy atom. The van der Waals surface area contributed by atoms with Crippen LogP contribution in [0.15, 0.2) is 57.4 Å². The fourth-order valence-electron chi connectivity index (χ4n) is 2.16. The van der Waals surface area contributed by atoms with Gasteiger partial charge in [0.15, 0.2) is 0 Å². The topological polar surface area (TPSA) is 112 Å². The third-order valence-corrected chi connectivity index (χ3v) is 4.82. The summed E-state index contributed by atoms with van der Waals surface area (Å²) in [7, 11) is 0.744. The van der Waals surface area contributed by atoms with Gasteiger partial charge >= 0.3 is 56.5 Å². The molecule has 0 saturated carbocycles. The Balaban J connectivity index is -0.0000000962. The minimum atomic E-state index is 0. The molecule has 0 saturated heterocycles. The van der Waals surface area contributed by atoms with Crippen molar-refractivity contribution in [2.24, 2.45) is 4.76 Å². The Kier molecular flexibility index (Phi) is 35.1. The number of rotatable bonds is 1. The third kappa shape index (κ3) is 15.1. The summed E-state index contributed by atoms with van der Waals surface area (Å²) in [6, 6.07) is 10.3. The van der Waals surface area contributed by atoms with Crippen LogP contribution in [0.25, 0.3) is 0 Å². The van der Waals surface area contributed by atoms with E-state index in [9.17, 15) is 0 Å². The molecule has 1 heterocycles. The number of benzene rings is 1. The Labute approximate surface area is 195 Å². The molecule has 30 heavy (non-hydrogen) atoms. The van der Waals surface area contributed by atoms with E-state index in [0.29, 0.717) is 0 Å². The average Bonchev–Trinajstić information content (AvgIpc) is 3.67. The van der Waals surface area contributed by atoms with Crippen molar-refractivity contribution in [2.75, 3.05) is 0 Å². The van der Waals surface area contributed by atoms with Gasteiger partial charge in [-0.05, 0) is 38.8 Å². The molecule has 0 N–H and O–H groups in total. The minimum Gasteiger partial charge on any atom is -0.256 e. The number of hydrogen-bond donors (Lipinski definition) is 0.